The maximum absolute atomic E-state index is 12.9. The summed E-state index contributed by atoms with van der Waals surface area (Å²) in [6.07, 6.45) is 14.5. The monoisotopic (exact) mass is 346 g/mol. The smallest absolute Gasteiger partial charge is 0.312 e. The second-order valence-electron chi connectivity index (χ2n) is 10.3. The molecular weight excluding hydrogens is 308 g/mol. The molecule has 0 heterocycles. The van der Waals surface area contributed by atoms with Gasteiger partial charge in [-0.05, 0) is 92.3 Å². The van der Waals surface area contributed by atoms with Gasteiger partial charge in [-0.15, -0.1) is 0 Å². The third-order valence-corrected chi connectivity index (χ3v) is 10.1. The molecule has 4 aliphatic rings. The fourth-order valence-electron chi connectivity index (χ4n) is 8.69. The van der Waals surface area contributed by atoms with Gasteiger partial charge in [0.05, 0.1) is 12.5 Å². The minimum Gasteiger partial charge on any atom is -0.469 e. The molecule has 0 spiro atoms. The molecule has 2 nitrogen and oxygen atoms in total. The Morgan fingerprint density at radius 3 is 2.44 bits per heavy atom. The summed E-state index contributed by atoms with van der Waals surface area (Å²) >= 11 is 0. The van der Waals surface area contributed by atoms with Gasteiger partial charge in [0.1, 0.15) is 0 Å². The fraction of sp³-hybridized carbons (Fsp3) is 0.957. The van der Waals surface area contributed by atoms with Gasteiger partial charge in [0, 0.05) is 0 Å². The topological polar surface area (TPSA) is 26.3 Å². The van der Waals surface area contributed by atoms with Gasteiger partial charge in [-0.25, -0.2) is 0 Å². The van der Waals surface area contributed by atoms with Crippen LogP contribution in [0.3, 0.4) is 0 Å². The summed E-state index contributed by atoms with van der Waals surface area (Å²) in [4.78, 5) is 12.9. The molecule has 7 atom stereocenters. The molecule has 0 aliphatic heterocycles. The Hall–Kier alpha value is -0.530. The van der Waals surface area contributed by atoms with Crippen molar-refractivity contribution in [2.75, 3.05) is 7.11 Å². The molecule has 0 amide bonds. The van der Waals surface area contributed by atoms with Crippen molar-refractivity contribution in [3.63, 3.8) is 0 Å². The van der Waals surface area contributed by atoms with E-state index in [1.165, 1.54) is 57.8 Å². The van der Waals surface area contributed by atoms with E-state index in [1.54, 1.807) is 7.11 Å². The van der Waals surface area contributed by atoms with Crippen LogP contribution in [0.15, 0.2) is 0 Å². The first-order chi connectivity index (χ1) is 11.9. The van der Waals surface area contributed by atoms with Crippen molar-refractivity contribution >= 4 is 5.97 Å². The largest absolute Gasteiger partial charge is 0.469 e. The number of carbonyl (C=O) groups is 1. The summed E-state index contributed by atoms with van der Waals surface area (Å²) in [5.74, 6) is 3.57. The average molecular weight is 347 g/mol. The Kier molecular flexibility index (Phi) is 4.28. The summed E-state index contributed by atoms with van der Waals surface area (Å²) in [5.41, 5.74) is 0.529. The number of hydrogen-bond donors (Lipinski definition) is 0. The second kappa shape index (κ2) is 5.99. The van der Waals surface area contributed by atoms with E-state index < -0.39 is 0 Å². The number of hydrogen-bond acceptors (Lipinski definition) is 2. The molecule has 142 valence electrons. The van der Waals surface area contributed by atoms with Crippen LogP contribution in [0.25, 0.3) is 0 Å². The fourth-order valence-corrected chi connectivity index (χ4v) is 8.69. The molecule has 0 saturated heterocycles. The lowest BCUT2D eigenvalue weighted by atomic mass is 9.43. The Balaban J connectivity index is 1.67. The maximum atomic E-state index is 12.9. The normalized spacial score (nSPS) is 52.0. The van der Waals surface area contributed by atoms with Gasteiger partial charge in [0.15, 0.2) is 0 Å². The number of fused-ring (bicyclic) bond motifs is 5. The third-order valence-electron chi connectivity index (χ3n) is 10.1. The molecule has 2 heteroatoms. The predicted octanol–water partition coefficient (Wildman–Crippen LogP) is 5.99. The quantitative estimate of drug-likeness (QED) is 0.574. The summed E-state index contributed by atoms with van der Waals surface area (Å²) in [5, 5.41) is 0. The second-order valence-corrected chi connectivity index (χ2v) is 10.3. The minimum absolute atomic E-state index is 0.0796. The summed E-state index contributed by atoms with van der Waals surface area (Å²) in [6, 6.07) is 0. The van der Waals surface area contributed by atoms with Gasteiger partial charge in [0.2, 0.25) is 0 Å². The minimum atomic E-state index is -0.221. The van der Waals surface area contributed by atoms with Gasteiger partial charge in [0.25, 0.3) is 0 Å². The highest BCUT2D eigenvalue weighted by Gasteiger charge is 2.66. The van der Waals surface area contributed by atoms with E-state index in [4.69, 9.17) is 4.74 Å². The number of ether oxygens (including phenoxy) is 1. The van der Waals surface area contributed by atoms with Crippen LogP contribution in [0.2, 0.25) is 0 Å². The van der Waals surface area contributed by atoms with E-state index in [0.717, 1.165) is 36.5 Å². The van der Waals surface area contributed by atoms with Crippen LogP contribution < -0.4 is 0 Å². The molecule has 4 aliphatic carbocycles. The van der Waals surface area contributed by atoms with Crippen molar-refractivity contribution in [1.82, 2.24) is 0 Å². The van der Waals surface area contributed by atoms with Crippen molar-refractivity contribution in [1.29, 1.82) is 0 Å². The summed E-state index contributed by atoms with van der Waals surface area (Å²) in [7, 11) is 1.59. The van der Waals surface area contributed by atoms with Crippen molar-refractivity contribution in [2.45, 2.75) is 91.4 Å². The lowest BCUT2D eigenvalue weighted by Crippen LogP contribution is -2.55. The van der Waals surface area contributed by atoms with Crippen molar-refractivity contribution in [2.24, 2.45) is 39.9 Å². The molecule has 25 heavy (non-hydrogen) atoms. The highest BCUT2D eigenvalue weighted by atomic mass is 16.5. The average Bonchev–Trinajstić information content (AvgIpc) is 2.93. The molecule has 0 aromatic rings. The molecule has 0 N–H and O–H groups in total. The van der Waals surface area contributed by atoms with Gasteiger partial charge >= 0.3 is 5.97 Å². The Morgan fingerprint density at radius 1 is 0.960 bits per heavy atom. The molecule has 0 radical (unpaired) electrons. The van der Waals surface area contributed by atoms with E-state index >= 15 is 0 Å². The van der Waals surface area contributed by atoms with E-state index in [2.05, 4.69) is 20.8 Å². The Bertz CT molecular complexity index is 542. The Morgan fingerprint density at radius 2 is 1.72 bits per heavy atom. The van der Waals surface area contributed by atoms with Gasteiger partial charge in [-0.1, -0.05) is 33.6 Å². The van der Waals surface area contributed by atoms with Crippen LogP contribution in [0.1, 0.15) is 91.4 Å². The van der Waals surface area contributed by atoms with Crippen molar-refractivity contribution in [3.8, 4) is 0 Å². The first kappa shape index (κ1) is 17.9. The maximum Gasteiger partial charge on any atom is 0.312 e. The van der Waals surface area contributed by atoms with Crippen LogP contribution in [0.5, 0.6) is 0 Å². The molecule has 4 fully saturated rings. The highest BCUT2D eigenvalue weighted by molar-refractivity contribution is 5.78. The van der Waals surface area contributed by atoms with Crippen LogP contribution in [0.4, 0.5) is 0 Å². The number of esters is 1. The molecule has 4 saturated carbocycles. The van der Waals surface area contributed by atoms with E-state index in [9.17, 15) is 4.79 Å². The molecular formula is C23H38O2. The zero-order chi connectivity index (χ0) is 17.9. The molecule has 0 bridgehead atoms. The highest BCUT2D eigenvalue weighted by Crippen LogP contribution is 2.71. The van der Waals surface area contributed by atoms with E-state index in [0.29, 0.717) is 5.41 Å². The molecule has 0 aromatic carbocycles. The van der Waals surface area contributed by atoms with E-state index in [-0.39, 0.29) is 16.8 Å². The standard InChI is InChI=1S/C23H38O2/c1-5-23(20(24)25-4)15-12-19-17-10-9-16-8-6-7-13-21(16,2)18(17)11-14-22(19,23)3/h16-19H,5-15H2,1-4H3/t16?,17-,18+,19+,21+,22+,23+/m1/s1. The van der Waals surface area contributed by atoms with Crippen LogP contribution in [-0.2, 0) is 9.53 Å². The predicted molar refractivity (Wildman–Crippen MR) is 101 cm³/mol. The van der Waals surface area contributed by atoms with Crippen LogP contribution in [-0.4, -0.2) is 13.1 Å². The van der Waals surface area contributed by atoms with E-state index in [1.807, 2.05) is 0 Å². The Labute approximate surface area is 154 Å². The van der Waals surface area contributed by atoms with Crippen LogP contribution >= 0.6 is 0 Å². The first-order valence-electron chi connectivity index (χ1n) is 11.0. The lowest BCUT2D eigenvalue weighted by molar-refractivity contribution is -0.171. The summed E-state index contributed by atoms with van der Waals surface area (Å²) in [6.45, 7) is 7.31. The zero-order valence-corrected chi connectivity index (χ0v) is 16.9. The third kappa shape index (κ3) is 2.18. The van der Waals surface area contributed by atoms with Crippen molar-refractivity contribution in [3.05, 3.63) is 0 Å². The van der Waals surface area contributed by atoms with Gasteiger partial charge in [-0.2, -0.15) is 0 Å². The SMILES string of the molecule is CC[C@@]1(C(=O)OC)CC[C@H]2[C@@H]3CCC4CCCC[C@]4(C)[C@H]3CC[C@@]21C. The molecule has 0 aromatic heterocycles. The first-order valence-corrected chi connectivity index (χ1v) is 11.0. The molecule has 1 unspecified atom stereocenters. The zero-order valence-electron chi connectivity index (χ0n) is 16.9. The van der Waals surface area contributed by atoms with Gasteiger partial charge < -0.3 is 4.74 Å². The number of carbonyl (C=O) groups excluding carboxylic acids is 1. The molecule has 4 rings (SSSR count). The summed E-state index contributed by atoms with van der Waals surface area (Å²) < 4.78 is 5.35. The van der Waals surface area contributed by atoms with Gasteiger partial charge in [-0.3, -0.25) is 4.79 Å². The number of methoxy groups -OCH3 is 1. The van der Waals surface area contributed by atoms with Crippen molar-refractivity contribution < 1.29 is 9.53 Å². The lowest BCUT2D eigenvalue weighted by Gasteiger charge is -2.61. The number of rotatable bonds is 2. The van der Waals surface area contributed by atoms with Crippen LogP contribution in [0, 0.1) is 39.9 Å².